The molecule has 1 aliphatic rings. The second kappa shape index (κ2) is 8.81. The molecule has 3 rings (SSSR count). The summed E-state index contributed by atoms with van der Waals surface area (Å²) in [7, 11) is 0. The normalized spacial score (nSPS) is 21.7. The van der Waals surface area contributed by atoms with E-state index in [-0.39, 0.29) is 13.0 Å². The minimum atomic E-state index is -1.82. The van der Waals surface area contributed by atoms with Crippen LogP contribution < -0.4 is 0 Å². The molecule has 0 unspecified atom stereocenters. The number of nitrogens with zero attached hydrogens (tertiary/aromatic N) is 2. The van der Waals surface area contributed by atoms with E-state index < -0.39 is 35.8 Å². The largest absolute Gasteiger partial charge is 0.444 e. The highest BCUT2D eigenvalue weighted by atomic mass is 32.1. The molecule has 1 amide bonds. The highest BCUT2D eigenvalue weighted by Gasteiger charge is 2.48. The summed E-state index contributed by atoms with van der Waals surface area (Å²) in [6.07, 6.45) is -3.52. The van der Waals surface area contributed by atoms with E-state index in [4.69, 9.17) is 4.74 Å². The number of carbonyl (C=O) groups excluding carboxylic acids is 2. The van der Waals surface area contributed by atoms with E-state index in [9.17, 15) is 19.1 Å². The summed E-state index contributed by atoms with van der Waals surface area (Å²) < 4.78 is 19.8. The Hall–Kier alpha value is -2.32. The predicted octanol–water partition coefficient (Wildman–Crippen LogP) is 3.94. The van der Waals surface area contributed by atoms with Crippen LogP contribution >= 0.6 is 11.3 Å². The number of Topliss-reactive ketones (excluding diaryl/α,β-unsaturated/α-hetero) is 1. The molecule has 0 bridgehead atoms. The molecular formula is C22H27FN2O4S. The Morgan fingerprint density at radius 3 is 2.53 bits per heavy atom. The molecule has 162 valence electrons. The number of likely N-dealkylation sites (tertiary alicyclic amines) is 1. The molecule has 0 aliphatic carbocycles. The van der Waals surface area contributed by atoms with Crippen molar-refractivity contribution >= 4 is 23.2 Å². The second-order valence-electron chi connectivity index (χ2n) is 8.52. The van der Waals surface area contributed by atoms with Crippen molar-refractivity contribution in [1.29, 1.82) is 0 Å². The van der Waals surface area contributed by atoms with Gasteiger partial charge in [-0.1, -0.05) is 24.3 Å². The molecule has 0 spiro atoms. The number of thiazole rings is 1. The van der Waals surface area contributed by atoms with E-state index in [2.05, 4.69) is 4.98 Å². The molecule has 0 radical (unpaired) electrons. The maximum atomic E-state index is 14.5. The van der Waals surface area contributed by atoms with Crippen molar-refractivity contribution in [2.45, 2.75) is 64.5 Å². The number of β-amino-alcohol motifs (C(OH)–C–C–N with tert-alkyl or cyclic N) is 1. The van der Waals surface area contributed by atoms with Crippen LogP contribution in [0.4, 0.5) is 9.18 Å². The first kappa shape index (κ1) is 22.4. The standard InChI is InChI=1S/C22H27FN2O4S/c1-13-20(30-12-24-13)15-8-5-14(6-9-15)7-10-16(26)19-18(23)17(27)11-25(19)21(28)29-22(2,3)4/h5-6,8-9,12,17-19,27H,7,10-11H2,1-4H3/t17-,18-,19+/m0/s1. The van der Waals surface area contributed by atoms with Crippen molar-refractivity contribution in [2.24, 2.45) is 0 Å². The number of rotatable bonds is 5. The zero-order valence-electron chi connectivity index (χ0n) is 17.6. The van der Waals surface area contributed by atoms with Crippen molar-refractivity contribution < 1.29 is 23.8 Å². The highest BCUT2D eigenvalue weighted by Crippen LogP contribution is 2.28. The summed E-state index contributed by atoms with van der Waals surface area (Å²) in [6, 6.07) is 6.50. The second-order valence-corrected chi connectivity index (χ2v) is 9.37. The molecular weight excluding hydrogens is 407 g/mol. The number of hydrogen-bond acceptors (Lipinski definition) is 6. The predicted molar refractivity (Wildman–Crippen MR) is 113 cm³/mol. The lowest BCUT2D eigenvalue weighted by atomic mass is 9.99. The van der Waals surface area contributed by atoms with Gasteiger partial charge in [-0.2, -0.15) is 0 Å². The van der Waals surface area contributed by atoms with Crippen molar-refractivity contribution in [3.8, 4) is 10.4 Å². The van der Waals surface area contributed by atoms with Crippen LogP contribution in [-0.4, -0.2) is 57.3 Å². The number of aromatic nitrogens is 1. The van der Waals surface area contributed by atoms with Crippen LogP contribution in [0.15, 0.2) is 29.8 Å². The minimum absolute atomic E-state index is 0.0655. The maximum absolute atomic E-state index is 14.5. The van der Waals surface area contributed by atoms with Gasteiger partial charge >= 0.3 is 6.09 Å². The average molecular weight is 435 g/mol. The molecule has 1 N–H and O–H groups in total. The third-order valence-electron chi connectivity index (χ3n) is 4.97. The first-order valence-electron chi connectivity index (χ1n) is 9.90. The van der Waals surface area contributed by atoms with Gasteiger partial charge in [-0.15, -0.1) is 11.3 Å². The van der Waals surface area contributed by atoms with E-state index >= 15 is 0 Å². The molecule has 30 heavy (non-hydrogen) atoms. The fraction of sp³-hybridized carbons (Fsp3) is 0.500. The van der Waals surface area contributed by atoms with E-state index in [0.717, 1.165) is 26.6 Å². The molecule has 1 aromatic heterocycles. The molecule has 1 aliphatic heterocycles. The Balaban J connectivity index is 1.65. The van der Waals surface area contributed by atoms with Gasteiger partial charge in [0.2, 0.25) is 0 Å². The molecule has 2 heterocycles. The number of alkyl halides is 1. The smallest absolute Gasteiger partial charge is 0.411 e. The number of carbonyl (C=O) groups is 2. The van der Waals surface area contributed by atoms with E-state index in [1.54, 1.807) is 37.6 Å². The minimum Gasteiger partial charge on any atom is -0.444 e. The van der Waals surface area contributed by atoms with Crippen LogP contribution in [0.5, 0.6) is 0 Å². The van der Waals surface area contributed by atoms with Crippen LogP contribution in [-0.2, 0) is 16.0 Å². The molecule has 1 aromatic carbocycles. The van der Waals surface area contributed by atoms with E-state index in [1.165, 1.54) is 0 Å². The van der Waals surface area contributed by atoms with Gasteiger partial charge in [-0.05, 0) is 45.2 Å². The fourth-order valence-corrected chi connectivity index (χ4v) is 4.29. The third kappa shape index (κ3) is 5.05. The molecule has 2 aromatic rings. The number of halogens is 1. The number of ether oxygens (including phenoxy) is 1. The van der Waals surface area contributed by atoms with Gasteiger partial charge in [0.1, 0.15) is 17.7 Å². The number of aliphatic hydroxyl groups is 1. The molecule has 6 nitrogen and oxygen atoms in total. The zero-order chi connectivity index (χ0) is 22.1. The average Bonchev–Trinajstić information content (AvgIpc) is 3.22. The fourth-order valence-electron chi connectivity index (χ4n) is 3.48. The molecule has 1 saturated heterocycles. The number of amides is 1. The van der Waals surface area contributed by atoms with Gasteiger partial charge in [0.15, 0.2) is 12.0 Å². The summed E-state index contributed by atoms with van der Waals surface area (Å²) in [6.45, 7) is 6.78. The Bertz CT molecular complexity index is 907. The number of hydrogen-bond donors (Lipinski definition) is 1. The number of aryl methyl sites for hydroxylation is 2. The van der Waals surface area contributed by atoms with Gasteiger partial charge in [0.05, 0.1) is 22.6 Å². The summed E-state index contributed by atoms with van der Waals surface area (Å²) in [4.78, 5) is 31.5. The third-order valence-corrected chi connectivity index (χ3v) is 5.95. The maximum Gasteiger partial charge on any atom is 0.411 e. The Labute approximate surface area is 179 Å². The van der Waals surface area contributed by atoms with Crippen molar-refractivity contribution in [3.63, 3.8) is 0 Å². The number of ketones is 1. The number of benzene rings is 1. The summed E-state index contributed by atoms with van der Waals surface area (Å²) in [5.41, 5.74) is 3.99. The Morgan fingerprint density at radius 1 is 1.30 bits per heavy atom. The van der Waals surface area contributed by atoms with Gasteiger partial charge in [0, 0.05) is 6.42 Å². The zero-order valence-corrected chi connectivity index (χ0v) is 18.4. The van der Waals surface area contributed by atoms with Gasteiger partial charge < -0.3 is 9.84 Å². The molecule has 0 saturated carbocycles. The van der Waals surface area contributed by atoms with Gasteiger partial charge in [0.25, 0.3) is 0 Å². The van der Waals surface area contributed by atoms with Crippen molar-refractivity contribution in [3.05, 3.63) is 41.0 Å². The van der Waals surface area contributed by atoms with Gasteiger partial charge in [-0.3, -0.25) is 9.69 Å². The van der Waals surface area contributed by atoms with E-state index in [1.807, 2.05) is 31.2 Å². The Morgan fingerprint density at radius 2 is 1.97 bits per heavy atom. The first-order valence-corrected chi connectivity index (χ1v) is 10.8. The SMILES string of the molecule is Cc1ncsc1-c1ccc(CCC(=O)[C@@H]2[C@@H](F)[C@@H](O)CN2C(=O)OC(C)(C)C)cc1. The van der Waals surface area contributed by atoms with E-state index in [0.29, 0.717) is 6.42 Å². The summed E-state index contributed by atoms with van der Waals surface area (Å²) in [5, 5.41) is 9.88. The van der Waals surface area contributed by atoms with Crippen LogP contribution in [0.25, 0.3) is 10.4 Å². The van der Waals surface area contributed by atoms with Crippen LogP contribution in [0.1, 0.15) is 38.4 Å². The number of aliphatic hydroxyl groups excluding tert-OH is 1. The lowest BCUT2D eigenvalue weighted by molar-refractivity contribution is -0.125. The topological polar surface area (TPSA) is 79.7 Å². The van der Waals surface area contributed by atoms with Crippen LogP contribution in [0.3, 0.4) is 0 Å². The quantitative estimate of drug-likeness (QED) is 0.771. The monoisotopic (exact) mass is 434 g/mol. The lowest BCUT2D eigenvalue weighted by Gasteiger charge is -2.28. The molecule has 8 heteroatoms. The summed E-state index contributed by atoms with van der Waals surface area (Å²) in [5.74, 6) is -0.424. The molecule has 3 atom stereocenters. The Kier molecular flexibility index (Phi) is 6.57. The highest BCUT2D eigenvalue weighted by molar-refractivity contribution is 7.13. The molecule has 1 fully saturated rings. The lowest BCUT2D eigenvalue weighted by Crippen LogP contribution is -2.46. The van der Waals surface area contributed by atoms with Crippen LogP contribution in [0.2, 0.25) is 0 Å². The summed E-state index contributed by atoms with van der Waals surface area (Å²) >= 11 is 1.57. The van der Waals surface area contributed by atoms with Crippen LogP contribution in [0, 0.1) is 6.92 Å². The first-order chi connectivity index (χ1) is 14.1. The van der Waals surface area contributed by atoms with Crippen molar-refractivity contribution in [1.82, 2.24) is 9.88 Å². The van der Waals surface area contributed by atoms with Gasteiger partial charge in [-0.25, -0.2) is 14.2 Å². The van der Waals surface area contributed by atoms with Crippen molar-refractivity contribution in [2.75, 3.05) is 6.54 Å².